The lowest BCUT2D eigenvalue weighted by Gasteiger charge is -2.13. The summed E-state index contributed by atoms with van der Waals surface area (Å²) in [6.07, 6.45) is 3.91. The summed E-state index contributed by atoms with van der Waals surface area (Å²) in [5.41, 5.74) is 0.348. The molecule has 0 fully saturated rings. The van der Waals surface area contributed by atoms with Crippen molar-refractivity contribution in [3.05, 3.63) is 29.8 Å². The van der Waals surface area contributed by atoms with Crippen LogP contribution in [0.5, 0.6) is 5.75 Å². The van der Waals surface area contributed by atoms with Crippen molar-refractivity contribution in [1.82, 2.24) is 10.6 Å². The SMILES string of the molecule is C#CCNC(=O)NCC(O)c1cccc(OC(F)F)c1. The molecule has 1 rings (SSSR count). The zero-order valence-electron chi connectivity index (χ0n) is 10.5. The third kappa shape index (κ3) is 5.54. The van der Waals surface area contributed by atoms with Crippen molar-refractivity contribution in [2.75, 3.05) is 13.1 Å². The van der Waals surface area contributed by atoms with E-state index in [1.165, 1.54) is 24.3 Å². The zero-order chi connectivity index (χ0) is 15.0. The predicted molar refractivity (Wildman–Crippen MR) is 68.3 cm³/mol. The van der Waals surface area contributed by atoms with E-state index >= 15 is 0 Å². The molecule has 0 bridgehead atoms. The van der Waals surface area contributed by atoms with E-state index < -0.39 is 18.7 Å². The lowest BCUT2D eigenvalue weighted by Crippen LogP contribution is -2.37. The molecule has 5 nitrogen and oxygen atoms in total. The molecule has 20 heavy (non-hydrogen) atoms. The van der Waals surface area contributed by atoms with E-state index in [9.17, 15) is 18.7 Å². The van der Waals surface area contributed by atoms with Crippen LogP contribution in [0.3, 0.4) is 0 Å². The van der Waals surface area contributed by atoms with Crippen LogP contribution < -0.4 is 15.4 Å². The molecule has 1 aromatic rings. The maximum atomic E-state index is 12.1. The molecule has 108 valence electrons. The van der Waals surface area contributed by atoms with E-state index in [2.05, 4.69) is 21.3 Å². The van der Waals surface area contributed by atoms with Crippen LogP contribution in [-0.2, 0) is 0 Å². The second kappa shape index (κ2) is 7.96. The van der Waals surface area contributed by atoms with Crippen molar-refractivity contribution in [1.29, 1.82) is 0 Å². The Morgan fingerprint density at radius 2 is 2.20 bits per heavy atom. The van der Waals surface area contributed by atoms with Gasteiger partial charge in [0.15, 0.2) is 0 Å². The molecule has 0 spiro atoms. The van der Waals surface area contributed by atoms with Crippen LogP contribution in [-0.4, -0.2) is 30.8 Å². The first-order valence-electron chi connectivity index (χ1n) is 5.71. The first kappa shape index (κ1) is 15.7. The Morgan fingerprint density at radius 3 is 2.85 bits per heavy atom. The molecule has 0 heterocycles. The fraction of sp³-hybridized carbons (Fsp3) is 0.308. The summed E-state index contributed by atoms with van der Waals surface area (Å²) >= 11 is 0. The Labute approximate surface area is 114 Å². The van der Waals surface area contributed by atoms with Crippen molar-refractivity contribution in [3.63, 3.8) is 0 Å². The molecule has 0 aromatic heterocycles. The van der Waals surface area contributed by atoms with Gasteiger partial charge in [-0.3, -0.25) is 0 Å². The van der Waals surface area contributed by atoms with Gasteiger partial charge >= 0.3 is 12.6 Å². The van der Waals surface area contributed by atoms with Crippen LogP contribution in [0, 0.1) is 12.3 Å². The molecule has 0 aliphatic carbocycles. The number of benzene rings is 1. The van der Waals surface area contributed by atoms with E-state index in [-0.39, 0.29) is 18.8 Å². The van der Waals surface area contributed by atoms with E-state index in [0.717, 1.165) is 0 Å². The van der Waals surface area contributed by atoms with Crippen molar-refractivity contribution < 1.29 is 23.4 Å². The first-order valence-corrected chi connectivity index (χ1v) is 5.71. The maximum Gasteiger partial charge on any atom is 0.387 e. The van der Waals surface area contributed by atoms with Gasteiger partial charge < -0.3 is 20.5 Å². The molecule has 0 aliphatic rings. The fourth-order valence-corrected chi connectivity index (χ4v) is 1.40. The highest BCUT2D eigenvalue weighted by atomic mass is 19.3. The Bertz CT molecular complexity index is 489. The summed E-state index contributed by atoms with van der Waals surface area (Å²) in [5.74, 6) is 2.16. The van der Waals surface area contributed by atoms with Gasteiger partial charge in [0.1, 0.15) is 5.75 Å². The summed E-state index contributed by atoms with van der Waals surface area (Å²) in [4.78, 5) is 11.2. The minimum absolute atomic E-state index is 0.0617. The number of aliphatic hydroxyl groups excluding tert-OH is 1. The average Bonchev–Trinajstić information content (AvgIpc) is 2.42. The molecule has 0 saturated carbocycles. The Morgan fingerprint density at radius 1 is 1.45 bits per heavy atom. The number of hydrogen-bond acceptors (Lipinski definition) is 3. The number of nitrogens with one attached hydrogen (secondary N) is 2. The van der Waals surface area contributed by atoms with Crippen LogP contribution in [0.4, 0.5) is 13.6 Å². The van der Waals surface area contributed by atoms with Crippen LogP contribution in [0.25, 0.3) is 0 Å². The number of hydrogen-bond donors (Lipinski definition) is 3. The van der Waals surface area contributed by atoms with Crippen LogP contribution in [0.2, 0.25) is 0 Å². The summed E-state index contributed by atoms with van der Waals surface area (Å²) in [6.45, 7) is -2.95. The average molecular weight is 284 g/mol. The van der Waals surface area contributed by atoms with Crippen LogP contribution >= 0.6 is 0 Å². The molecule has 0 aliphatic heterocycles. The highest BCUT2D eigenvalue weighted by Gasteiger charge is 2.11. The Balaban J connectivity index is 2.52. The number of amides is 2. The van der Waals surface area contributed by atoms with Crippen molar-refractivity contribution in [3.8, 4) is 18.1 Å². The minimum Gasteiger partial charge on any atom is -0.435 e. The van der Waals surface area contributed by atoms with Gasteiger partial charge in [0.05, 0.1) is 12.6 Å². The van der Waals surface area contributed by atoms with Gasteiger partial charge in [-0.25, -0.2) is 4.79 Å². The molecular weight excluding hydrogens is 270 g/mol. The smallest absolute Gasteiger partial charge is 0.387 e. The number of carbonyl (C=O) groups is 1. The number of halogens is 2. The van der Waals surface area contributed by atoms with E-state index in [4.69, 9.17) is 6.42 Å². The summed E-state index contributed by atoms with van der Waals surface area (Å²) < 4.78 is 28.3. The molecule has 7 heteroatoms. The van der Waals surface area contributed by atoms with Crippen molar-refractivity contribution in [2.24, 2.45) is 0 Å². The molecule has 1 unspecified atom stereocenters. The molecule has 3 N–H and O–H groups in total. The fourth-order valence-electron chi connectivity index (χ4n) is 1.40. The Kier molecular flexibility index (Phi) is 6.26. The summed E-state index contributed by atoms with van der Waals surface area (Å²) in [6, 6.07) is 5.09. The number of alkyl halides is 2. The normalized spacial score (nSPS) is 11.6. The number of ether oxygens (including phenoxy) is 1. The van der Waals surface area contributed by atoms with Crippen molar-refractivity contribution in [2.45, 2.75) is 12.7 Å². The largest absolute Gasteiger partial charge is 0.435 e. The molecular formula is C13H14F2N2O3. The summed E-state index contributed by atoms with van der Waals surface area (Å²) in [5, 5.41) is 14.6. The summed E-state index contributed by atoms with van der Waals surface area (Å²) in [7, 11) is 0. The highest BCUT2D eigenvalue weighted by molar-refractivity contribution is 5.74. The molecule has 0 saturated heterocycles. The molecule has 1 atom stereocenters. The molecule has 1 aromatic carbocycles. The predicted octanol–water partition coefficient (Wildman–Crippen LogP) is 1.25. The first-order chi connectivity index (χ1) is 9.52. The monoisotopic (exact) mass is 284 g/mol. The highest BCUT2D eigenvalue weighted by Crippen LogP contribution is 2.20. The quantitative estimate of drug-likeness (QED) is 0.689. The van der Waals surface area contributed by atoms with Gasteiger partial charge in [-0.2, -0.15) is 8.78 Å². The van der Waals surface area contributed by atoms with Gasteiger partial charge in [-0.05, 0) is 17.7 Å². The lowest BCUT2D eigenvalue weighted by molar-refractivity contribution is -0.0499. The van der Waals surface area contributed by atoms with E-state index in [1.54, 1.807) is 0 Å². The number of terminal acetylenes is 1. The number of rotatable bonds is 6. The van der Waals surface area contributed by atoms with Crippen LogP contribution in [0.1, 0.15) is 11.7 Å². The lowest BCUT2D eigenvalue weighted by atomic mass is 10.1. The second-order valence-electron chi connectivity index (χ2n) is 3.73. The van der Waals surface area contributed by atoms with Gasteiger partial charge in [-0.15, -0.1) is 6.42 Å². The van der Waals surface area contributed by atoms with Gasteiger partial charge in [-0.1, -0.05) is 18.1 Å². The van der Waals surface area contributed by atoms with Gasteiger partial charge in [0.25, 0.3) is 0 Å². The van der Waals surface area contributed by atoms with Gasteiger partial charge in [0.2, 0.25) is 0 Å². The molecule has 2 amide bonds. The number of carbonyl (C=O) groups excluding carboxylic acids is 1. The third-order valence-corrected chi connectivity index (χ3v) is 2.28. The molecule has 0 radical (unpaired) electrons. The standard InChI is InChI=1S/C13H14F2N2O3/c1-2-6-16-13(19)17-8-11(18)9-4-3-5-10(7-9)20-12(14)15/h1,3-5,7,11-12,18H,6,8H2,(H2,16,17,19). The number of aliphatic hydroxyl groups is 1. The third-order valence-electron chi connectivity index (χ3n) is 2.28. The second-order valence-corrected chi connectivity index (χ2v) is 3.73. The van der Waals surface area contributed by atoms with Crippen LogP contribution in [0.15, 0.2) is 24.3 Å². The Hall–Kier alpha value is -2.33. The van der Waals surface area contributed by atoms with E-state index in [0.29, 0.717) is 5.56 Å². The van der Waals surface area contributed by atoms with Crippen molar-refractivity contribution >= 4 is 6.03 Å². The minimum atomic E-state index is -2.94. The maximum absolute atomic E-state index is 12.1. The topological polar surface area (TPSA) is 70.6 Å². The zero-order valence-corrected chi connectivity index (χ0v) is 10.5. The van der Waals surface area contributed by atoms with Gasteiger partial charge in [0, 0.05) is 6.54 Å². The van der Waals surface area contributed by atoms with E-state index in [1.807, 2.05) is 0 Å². The number of urea groups is 1.